The smallest absolute Gasteiger partial charge is 0.352 e. The lowest BCUT2D eigenvalue weighted by Crippen LogP contribution is -2.07. The van der Waals surface area contributed by atoms with E-state index in [1.165, 1.54) is 13.0 Å². The molecule has 0 bridgehead atoms. The number of carbonyl (C=O) groups excluding carboxylic acids is 1. The Bertz CT molecular complexity index is 423. The first-order valence-corrected chi connectivity index (χ1v) is 5.99. The van der Waals surface area contributed by atoms with Gasteiger partial charge in [0, 0.05) is 32.0 Å². The van der Waals surface area contributed by atoms with Gasteiger partial charge in [-0.3, -0.25) is 4.79 Å². The molecule has 0 aliphatic carbocycles. The Kier molecular flexibility index (Phi) is 5.58. The summed E-state index contributed by atoms with van der Waals surface area (Å²) < 4.78 is 6.58. The third-order valence-electron chi connectivity index (χ3n) is 2.77. The van der Waals surface area contributed by atoms with E-state index < -0.39 is 5.97 Å². The highest BCUT2D eigenvalue weighted by Crippen LogP contribution is 2.11. The van der Waals surface area contributed by atoms with Gasteiger partial charge in [-0.2, -0.15) is 0 Å². The number of hydrogen-bond donors (Lipinski definition) is 1. The van der Waals surface area contributed by atoms with Crippen molar-refractivity contribution in [3.8, 4) is 0 Å². The maximum Gasteiger partial charge on any atom is 0.352 e. The van der Waals surface area contributed by atoms with Gasteiger partial charge in [-0.1, -0.05) is 0 Å². The molecule has 1 N–H and O–H groups in total. The number of aryl methyl sites for hydroxylation is 1. The van der Waals surface area contributed by atoms with Crippen molar-refractivity contribution >= 4 is 11.8 Å². The molecule has 1 heterocycles. The second kappa shape index (κ2) is 6.96. The van der Waals surface area contributed by atoms with Crippen molar-refractivity contribution in [1.82, 2.24) is 4.57 Å². The van der Waals surface area contributed by atoms with Crippen LogP contribution in [0.15, 0.2) is 12.3 Å². The van der Waals surface area contributed by atoms with Crippen LogP contribution in [0.3, 0.4) is 0 Å². The molecule has 1 rings (SSSR count). The van der Waals surface area contributed by atoms with Gasteiger partial charge < -0.3 is 14.4 Å². The van der Waals surface area contributed by atoms with E-state index in [0.29, 0.717) is 12.1 Å². The van der Waals surface area contributed by atoms with Crippen molar-refractivity contribution in [2.45, 2.75) is 32.7 Å². The largest absolute Gasteiger partial charge is 0.477 e. The Morgan fingerprint density at radius 1 is 1.33 bits per heavy atom. The normalized spacial score (nSPS) is 10.6. The highest BCUT2D eigenvalue weighted by molar-refractivity contribution is 5.97. The first kappa shape index (κ1) is 14.4. The number of carboxylic acid groups (broad SMARTS) is 1. The van der Waals surface area contributed by atoms with Gasteiger partial charge >= 0.3 is 5.97 Å². The number of Topliss-reactive ketones (excluding diaryl/α,β-unsaturated/α-hetero) is 1. The van der Waals surface area contributed by atoms with Gasteiger partial charge in [0.05, 0.1) is 0 Å². The standard InChI is InChI=1S/C13H19NO4/c1-10(15)11-8-12(13(16)17)14(9-11)6-4-3-5-7-18-2/h8-9H,3-7H2,1-2H3,(H,16,17). The van der Waals surface area contributed by atoms with Crippen LogP contribution < -0.4 is 0 Å². The van der Waals surface area contributed by atoms with E-state index in [1.807, 2.05) is 0 Å². The fourth-order valence-corrected chi connectivity index (χ4v) is 1.77. The summed E-state index contributed by atoms with van der Waals surface area (Å²) in [5, 5.41) is 9.05. The molecule has 0 aromatic carbocycles. The zero-order valence-corrected chi connectivity index (χ0v) is 10.8. The molecule has 1 aromatic heterocycles. The molecule has 1 aromatic rings. The number of methoxy groups -OCH3 is 1. The van der Waals surface area contributed by atoms with Crippen molar-refractivity contribution in [2.75, 3.05) is 13.7 Å². The highest BCUT2D eigenvalue weighted by Gasteiger charge is 2.14. The summed E-state index contributed by atoms with van der Waals surface area (Å²) >= 11 is 0. The fraction of sp³-hybridized carbons (Fsp3) is 0.538. The van der Waals surface area contributed by atoms with E-state index in [2.05, 4.69) is 0 Å². The number of nitrogens with zero attached hydrogens (tertiary/aromatic N) is 1. The number of hydrogen-bond acceptors (Lipinski definition) is 3. The zero-order valence-electron chi connectivity index (χ0n) is 10.8. The Labute approximate surface area is 106 Å². The summed E-state index contributed by atoms with van der Waals surface area (Å²) in [5.41, 5.74) is 0.622. The third-order valence-corrected chi connectivity index (χ3v) is 2.77. The first-order valence-electron chi connectivity index (χ1n) is 5.99. The molecule has 0 atom stereocenters. The van der Waals surface area contributed by atoms with Crippen LogP contribution in [0.4, 0.5) is 0 Å². The highest BCUT2D eigenvalue weighted by atomic mass is 16.5. The van der Waals surface area contributed by atoms with Crippen LogP contribution >= 0.6 is 0 Å². The van der Waals surface area contributed by atoms with Gasteiger partial charge in [0.1, 0.15) is 5.69 Å². The minimum atomic E-state index is -1.00. The average molecular weight is 253 g/mol. The number of unbranched alkanes of at least 4 members (excludes halogenated alkanes) is 2. The summed E-state index contributed by atoms with van der Waals surface area (Å²) in [5.74, 6) is -1.12. The molecular formula is C13H19NO4. The predicted octanol–water partition coefficient (Wildman–Crippen LogP) is 2.21. The van der Waals surface area contributed by atoms with Crippen LogP contribution in [0.25, 0.3) is 0 Å². The van der Waals surface area contributed by atoms with Crippen molar-refractivity contribution in [3.63, 3.8) is 0 Å². The Hall–Kier alpha value is -1.62. The van der Waals surface area contributed by atoms with Crippen LogP contribution in [0.5, 0.6) is 0 Å². The zero-order chi connectivity index (χ0) is 13.5. The topological polar surface area (TPSA) is 68.5 Å². The quantitative estimate of drug-likeness (QED) is 0.569. The number of rotatable bonds is 8. The van der Waals surface area contributed by atoms with Gasteiger partial charge in [0.15, 0.2) is 5.78 Å². The molecule has 0 saturated carbocycles. The second-order valence-corrected chi connectivity index (χ2v) is 4.22. The average Bonchev–Trinajstić information content (AvgIpc) is 2.73. The molecule has 0 radical (unpaired) electrons. The number of carbonyl (C=O) groups is 2. The third kappa shape index (κ3) is 4.00. The molecule has 5 heteroatoms. The molecule has 0 aliphatic heterocycles. The number of ether oxygens (including phenoxy) is 1. The van der Waals surface area contributed by atoms with Crippen LogP contribution in [-0.2, 0) is 11.3 Å². The van der Waals surface area contributed by atoms with Gasteiger partial charge in [-0.25, -0.2) is 4.79 Å². The molecule has 18 heavy (non-hydrogen) atoms. The van der Waals surface area contributed by atoms with Crippen molar-refractivity contribution in [1.29, 1.82) is 0 Å². The van der Waals surface area contributed by atoms with E-state index in [0.717, 1.165) is 25.9 Å². The lowest BCUT2D eigenvalue weighted by molar-refractivity contribution is 0.0684. The Balaban J connectivity index is 2.63. The Morgan fingerprint density at radius 3 is 2.61 bits per heavy atom. The lowest BCUT2D eigenvalue weighted by Gasteiger charge is -2.05. The van der Waals surface area contributed by atoms with Gasteiger partial charge in [0.25, 0.3) is 0 Å². The minimum Gasteiger partial charge on any atom is -0.477 e. The van der Waals surface area contributed by atoms with Gasteiger partial charge in [0.2, 0.25) is 0 Å². The predicted molar refractivity (Wildman–Crippen MR) is 67.1 cm³/mol. The SMILES string of the molecule is COCCCCCn1cc(C(C)=O)cc1C(=O)O. The number of ketones is 1. The van der Waals surface area contributed by atoms with Crippen LogP contribution in [0, 0.1) is 0 Å². The van der Waals surface area contributed by atoms with Gasteiger partial charge in [-0.15, -0.1) is 0 Å². The molecule has 0 amide bonds. The summed E-state index contributed by atoms with van der Waals surface area (Å²) in [6, 6.07) is 1.43. The van der Waals surface area contributed by atoms with E-state index in [9.17, 15) is 9.59 Å². The first-order chi connectivity index (χ1) is 8.56. The van der Waals surface area contributed by atoms with Crippen LogP contribution in [0.2, 0.25) is 0 Å². The summed E-state index contributed by atoms with van der Waals surface area (Å²) in [4.78, 5) is 22.3. The van der Waals surface area contributed by atoms with Crippen molar-refractivity contribution in [3.05, 3.63) is 23.5 Å². The summed E-state index contributed by atoms with van der Waals surface area (Å²) in [6.07, 6.45) is 4.41. The Morgan fingerprint density at radius 2 is 2.06 bits per heavy atom. The number of aromatic nitrogens is 1. The fourth-order valence-electron chi connectivity index (χ4n) is 1.77. The van der Waals surface area contributed by atoms with Crippen molar-refractivity contribution in [2.24, 2.45) is 0 Å². The number of aromatic carboxylic acids is 1. The van der Waals surface area contributed by atoms with E-state index in [-0.39, 0.29) is 11.5 Å². The molecule has 0 spiro atoms. The molecule has 0 aliphatic rings. The van der Waals surface area contributed by atoms with Crippen molar-refractivity contribution < 1.29 is 19.4 Å². The maximum absolute atomic E-state index is 11.2. The minimum absolute atomic E-state index is 0.115. The van der Waals surface area contributed by atoms with E-state index in [4.69, 9.17) is 9.84 Å². The molecule has 0 fully saturated rings. The van der Waals surface area contributed by atoms with Crippen LogP contribution in [-0.4, -0.2) is 35.1 Å². The van der Waals surface area contributed by atoms with E-state index >= 15 is 0 Å². The molecule has 5 nitrogen and oxygen atoms in total. The molecule has 0 saturated heterocycles. The molecular weight excluding hydrogens is 234 g/mol. The summed E-state index contributed by atoms with van der Waals surface area (Å²) in [7, 11) is 1.66. The number of carboxylic acids is 1. The van der Waals surface area contributed by atoms with E-state index in [1.54, 1.807) is 17.9 Å². The summed E-state index contributed by atoms with van der Waals surface area (Å²) in [6.45, 7) is 2.76. The lowest BCUT2D eigenvalue weighted by atomic mass is 10.2. The second-order valence-electron chi connectivity index (χ2n) is 4.22. The van der Waals surface area contributed by atoms with Crippen LogP contribution in [0.1, 0.15) is 47.0 Å². The monoisotopic (exact) mass is 253 g/mol. The molecule has 0 unspecified atom stereocenters. The molecule has 100 valence electrons. The maximum atomic E-state index is 11.2. The van der Waals surface area contributed by atoms with Gasteiger partial charge in [-0.05, 0) is 32.3 Å².